The van der Waals surface area contributed by atoms with E-state index in [0.29, 0.717) is 17.4 Å². The van der Waals surface area contributed by atoms with Crippen molar-refractivity contribution in [3.05, 3.63) is 77.9 Å². The lowest BCUT2D eigenvalue weighted by Gasteiger charge is -2.27. The zero-order valence-electron chi connectivity index (χ0n) is 17.6. The Kier molecular flexibility index (Phi) is 7.06. The molecule has 3 aromatic rings. The van der Waals surface area contributed by atoms with Gasteiger partial charge in [0.25, 0.3) is 0 Å². The minimum atomic E-state index is 0. The number of halogens is 1. The van der Waals surface area contributed by atoms with Crippen LogP contribution in [-0.4, -0.2) is 35.8 Å². The molecule has 4 heteroatoms. The van der Waals surface area contributed by atoms with E-state index in [1.165, 1.54) is 23.1 Å². The lowest BCUT2D eigenvalue weighted by atomic mass is 9.83. The summed E-state index contributed by atoms with van der Waals surface area (Å²) in [5, 5.41) is 22.0. The van der Waals surface area contributed by atoms with Gasteiger partial charge in [0.1, 0.15) is 11.5 Å². The fourth-order valence-corrected chi connectivity index (χ4v) is 4.62. The second-order valence-corrected chi connectivity index (χ2v) is 8.47. The number of aromatic hydroxyl groups is 2. The number of phenols is 2. The fourth-order valence-electron chi connectivity index (χ4n) is 4.62. The van der Waals surface area contributed by atoms with Crippen molar-refractivity contribution < 1.29 is 10.2 Å². The standard InChI is InChI=1S/C26H29NO2.ClH/c1-27(2)17-23-7-3-5-18(16-26(23)22-6-4-8-24(28)15-22)19-9-10-21-14-25(29)12-11-20(21)13-19;/h4,6,8-16,23,26,28-29H,3,5,7,17H2,1-2H3;1H. The van der Waals surface area contributed by atoms with Crippen molar-refractivity contribution in [2.45, 2.75) is 25.2 Å². The number of phenolic OH excluding ortho intramolecular Hbond substituents is 2. The normalized spacial score (nSPS) is 19.2. The molecular weight excluding hydrogens is 394 g/mol. The number of allylic oxidation sites excluding steroid dienone is 2. The molecule has 3 nitrogen and oxygen atoms in total. The summed E-state index contributed by atoms with van der Waals surface area (Å²) in [7, 11) is 4.27. The molecule has 30 heavy (non-hydrogen) atoms. The second kappa shape index (κ2) is 9.55. The molecule has 158 valence electrons. The Labute approximate surface area is 185 Å². The van der Waals surface area contributed by atoms with Crippen molar-refractivity contribution in [1.29, 1.82) is 0 Å². The third-order valence-electron chi connectivity index (χ3n) is 5.96. The van der Waals surface area contributed by atoms with E-state index in [-0.39, 0.29) is 18.3 Å². The van der Waals surface area contributed by atoms with Gasteiger partial charge in [-0.1, -0.05) is 36.4 Å². The molecule has 0 saturated carbocycles. The molecule has 0 spiro atoms. The predicted molar refractivity (Wildman–Crippen MR) is 128 cm³/mol. The molecule has 4 rings (SSSR count). The van der Waals surface area contributed by atoms with Crippen LogP contribution in [0.2, 0.25) is 0 Å². The summed E-state index contributed by atoms with van der Waals surface area (Å²) in [5.41, 5.74) is 3.80. The fraction of sp³-hybridized carbons (Fsp3) is 0.308. The van der Waals surface area contributed by atoms with E-state index >= 15 is 0 Å². The summed E-state index contributed by atoms with van der Waals surface area (Å²) in [5.74, 6) is 1.42. The van der Waals surface area contributed by atoms with Crippen LogP contribution < -0.4 is 0 Å². The van der Waals surface area contributed by atoms with E-state index in [2.05, 4.69) is 49.3 Å². The van der Waals surface area contributed by atoms with Gasteiger partial charge in [-0.05, 0) is 97.1 Å². The minimum absolute atomic E-state index is 0. The lowest BCUT2D eigenvalue weighted by Crippen LogP contribution is -2.25. The molecule has 0 fully saturated rings. The molecule has 2 unspecified atom stereocenters. The maximum atomic E-state index is 10.1. The van der Waals surface area contributed by atoms with Crippen LogP contribution in [0.15, 0.2) is 66.7 Å². The van der Waals surface area contributed by atoms with Gasteiger partial charge < -0.3 is 15.1 Å². The summed E-state index contributed by atoms with van der Waals surface area (Å²) in [6.07, 6.45) is 5.81. The smallest absolute Gasteiger partial charge is 0.116 e. The van der Waals surface area contributed by atoms with Crippen LogP contribution in [-0.2, 0) is 0 Å². The van der Waals surface area contributed by atoms with E-state index in [1.807, 2.05) is 24.3 Å². The van der Waals surface area contributed by atoms with Gasteiger partial charge in [-0.3, -0.25) is 0 Å². The molecule has 1 aliphatic rings. The molecule has 2 atom stereocenters. The molecule has 0 aromatic heterocycles. The van der Waals surface area contributed by atoms with Gasteiger partial charge >= 0.3 is 0 Å². The number of hydrogen-bond donors (Lipinski definition) is 2. The lowest BCUT2D eigenvalue weighted by molar-refractivity contribution is 0.293. The van der Waals surface area contributed by atoms with Gasteiger partial charge in [0, 0.05) is 12.5 Å². The summed E-state index contributed by atoms with van der Waals surface area (Å²) < 4.78 is 0. The summed E-state index contributed by atoms with van der Waals surface area (Å²) in [6, 6.07) is 19.8. The highest BCUT2D eigenvalue weighted by molar-refractivity contribution is 5.87. The van der Waals surface area contributed by atoms with Gasteiger partial charge in [-0.2, -0.15) is 0 Å². The Balaban J connectivity index is 0.00000256. The third-order valence-corrected chi connectivity index (χ3v) is 5.96. The van der Waals surface area contributed by atoms with E-state index in [4.69, 9.17) is 0 Å². The quantitative estimate of drug-likeness (QED) is 0.524. The zero-order valence-corrected chi connectivity index (χ0v) is 18.4. The highest BCUT2D eigenvalue weighted by Crippen LogP contribution is 2.39. The van der Waals surface area contributed by atoms with Gasteiger partial charge in [0.2, 0.25) is 0 Å². The summed E-state index contributed by atoms with van der Waals surface area (Å²) >= 11 is 0. The van der Waals surface area contributed by atoms with Crippen LogP contribution in [0.4, 0.5) is 0 Å². The summed E-state index contributed by atoms with van der Waals surface area (Å²) in [4.78, 5) is 2.27. The number of nitrogens with zero attached hydrogens (tertiary/aromatic N) is 1. The van der Waals surface area contributed by atoms with Crippen molar-refractivity contribution >= 4 is 28.8 Å². The number of benzene rings is 3. The van der Waals surface area contributed by atoms with Crippen LogP contribution in [0.1, 0.15) is 36.3 Å². The molecule has 0 amide bonds. The Hall–Kier alpha value is -2.49. The van der Waals surface area contributed by atoms with Crippen LogP contribution in [0, 0.1) is 5.92 Å². The topological polar surface area (TPSA) is 43.7 Å². The van der Waals surface area contributed by atoms with Crippen molar-refractivity contribution in [2.24, 2.45) is 5.92 Å². The van der Waals surface area contributed by atoms with Crippen LogP contribution >= 0.6 is 12.4 Å². The highest BCUT2D eigenvalue weighted by Gasteiger charge is 2.26. The van der Waals surface area contributed by atoms with Gasteiger partial charge in [0.15, 0.2) is 0 Å². The van der Waals surface area contributed by atoms with Crippen LogP contribution in [0.5, 0.6) is 11.5 Å². The van der Waals surface area contributed by atoms with Crippen molar-refractivity contribution in [3.8, 4) is 11.5 Å². The van der Waals surface area contributed by atoms with Gasteiger partial charge in [-0.25, -0.2) is 0 Å². The molecular formula is C26H30ClNO2. The van der Waals surface area contributed by atoms with Crippen molar-refractivity contribution in [1.82, 2.24) is 4.90 Å². The molecule has 0 saturated heterocycles. The molecule has 2 N–H and O–H groups in total. The molecule has 1 aliphatic carbocycles. The Morgan fingerprint density at radius 1 is 0.900 bits per heavy atom. The number of fused-ring (bicyclic) bond motifs is 1. The first-order valence-corrected chi connectivity index (χ1v) is 10.4. The largest absolute Gasteiger partial charge is 0.508 e. The highest BCUT2D eigenvalue weighted by atomic mass is 35.5. The van der Waals surface area contributed by atoms with E-state index in [9.17, 15) is 10.2 Å². The molecule has 0 bridgehead atoms. The number of hydrogen-bond acceptors (Lipinski definition) is 3. The average Bonchev–Trinajstić information content (AvgIpc) is 2.90. The van der Waals surface area contributed by atoms with Crippen molar-refractivity contribution in [3.63, 3.8) is 0 Å². The Bertz CT molecular complexity index is 1040. The summed E-state index contributed by atoms with van der Waals surface area (Å²) in [6.45, 7) is 1.03. The van der Waals surface area contributed by atoms with Crippen LogP contribution in [0.3, 0.4) is 0 Å². The molecule has 0 aliphatic heterocycles. The van der Waals surface area contributed by atoms with Crippen LogP contribution in [0.25, 0.3) is 16.3 Å². The molecule has 0 heterocycles. The molecule has 3 aromatic carbocycles. The van der Waals surface area contributed by atoms with Gasteiger partial charge in [0.05, 0.1) is 0 Å². The van der Waals surface area contributed by atoms with E-state index < -0.39 is 0 Å². The monoisotopic (exact) mass is 423 g/mol. The predicted octanol–water partition coefficient (Wildman–Crippen LogP) is 6.20. The van der Waals surface area contributed by atoms with E-state index in [1.54, 1.807) is 12.1 Å². The third kappa shape index (κ3) is 4.97. The second-order valence-electron chi connectivity index (χ2n) is 8.47. The van der Waals surface area contributed by atoms with Crippen molar-refractivity contribution in [2.75, 3.05) is 20.6 Å². The average molecular weight is 424 g/mol. The SMILES string of the molecule is CN(C)CC1CCCC(c2ccc3cc(O)ccc3c2)=CC1c1cccc(O)c1.Cl. The maximum absolute atomic E-state index is 10.1. The first kappa shape index (κ1) is 22.2. The Morgan fingerprint density at radius 3 is 2.40 bits per heavy atom. The van der Waals surface area contributed by atoms with E-state index in [0.717, 1.165) is 30.2 Å². The minimum Gasteiger partial charge on any atom is -0.508 e. The first-order chi connectivity index (χ1) is 14.0. The zero-order chi connectivity index (χ0) is 20.4. The van der Waals surface area contributed by atoms with Gasteiger partial charge in [-0.15, -0.1) is 12.4 Å². The Morgan fingerprint density at radius 2 is 1.63 bits per heavy atom. The maximum Gasteiger partial charge on any atom is 0.116 e. The first-order valence-electron chi connectivity index (χ1n) is 10.4. The number of rotatable bonds is 4. The molecule has 0 radical (unpaired) electrons.